The number of hydrogen-bond acceptors (Lipinski definition) is 4. The van der Waals surface area contributed by atoms with Gasteiger partial charge in [0.05, 0.1) is 0 Å². The quantitative estimate of drug-likeness (QED) is 0.452. The SMILES string of the molecule is [B]OP(=O)(O)O[P+](=O)O. The van der Waals surface area contributed by atoms with Gasteiger partial charge < -0.3 is 9.33 Å². The smallest absolute Gasteiger partial charge is 0.360 e. The van der Waals surface area contributed by atoms with Gasteiger partial charge in [0.2, 0.25) is 0 Å². The van der Waals surface area contributed by atoms with Crippen LogP contribution >= 0.6 is 16.1 Å². The first-order chi connectivity index (χ1) is 3.98. The number of rotatable bonds is 3. The molecule has 9 heteroatoms. The van der Waals surface area contributed by atoms with Crippen LogP contribution in [0.5, 0.6) is 0 Å². The van der Waals surface area contributed by atoms with E-state index in [1.807, 2.05) is 0 Å². The van der Waals surface area contributed by atoms with Crippen molar-refractivity contribution in [2.24, 2.45) is 0 Å². The highest BCUT2D eigenvalue weighted by atomic mass is 31.2. The molecule has 0 aliphatic heterocycles. The van der Waals surface area contributed by atoms with Gasteiger partial charge in [0, 0.05) is 4.57 Å². The summed E-state index contributed by atoms with van der Waals surface area (Å²) in [5, 5.41) is 0. The van der Waals surface area contributed by atoms with Gasteiger partial charge in [-0.1, -0.05) is 0 Å². The first-order valence-electron chi connectivity index (χ1n) is 1.55. The van der Waals surface area contributed by atoms with Crippen LogP contribution in [0.4, 0.5) is 0 Å². The Balaban J connectivity index is 3.88. The fourth-order valence-corrected chi connectivity index (χ4v) is 0.968. The summed E-state index contributed by atoms with van der Waals surface area (Å²) >= 11 is 0. The molecule has 0 aromatic heterocycles. The Morgan fingerprint density at radius 1 is 1.67 bits per heavy atom. The van der Waals surface area contributed by atoms with Crippen molar-refractivity contribution in [2.45, 2.75) is 0 Å². The molecule has 0 amide bonds. The fourth-order valence-electron chi connectivity index (χ4n) is 0.108. The van der Waals surface area contributed by atoms with Gasteiger partial charge in [-0.15, -0.1) is 4.89 Å². The second-order valence-corrected chi connectivity index (χ2v) is 3.17. The topological polar surface area (TPSA) is 93.1 Å². The van der Waals surface area contributed by atoms with E-state index in [0.717, 1.165) is 0 Å². The lowest BCUT2D eigenvalue weighted by Crippen LogP contribution is -1.83. The second kappa shape index (κ2) is 3.41. The molecule has 0 spiro atoms. The Kier molecular flexibility index (Phi) is 3.50. The lowest BCUT2D eigenvalue weighted by molar-refractivity contribution is 0.287. The van der Waals surface area contributed by atoms with Crippen molar-refractivity contribution in [3.05, 3.63) is 0 Å². The third-order valence-corrected chi connectivity index (χ3v) is 1.96. The van der Waals surface area contributed by atoms with Gasteiger partial charge in [-0.25, -0.2) is 4.57 Å². The average Bonchev–Trinajstić information content (AvgIpc) is 1.63. The molecule has 9 heavy (non-hydrogen) atoms. The predicted molar refractivity (Wildman–Crippen MR) is 27.6 cm³/mol. The van der Waals surface area contributed by atoms with E-state index in [2.05, 4.69) is 16.8 Å². The minimum atomic E-state index is -4.49. The van der Waals surface area contributed by atoms with Crippen molar-refractivity contribution in [3.63, 3.8) is 0 Å². The van der Waals surface area contributed by atoms with Crippen LogP contribution in [0, 0.1) is 0 Å². The molecule has 0 rings (SSSR count). The Hall–Kier alpha value is 0.235. The first-order valence-corrected chi connectivity index (χ1v) is 4.17. The Bertz CT molecular complexity index is 151. The van der Waals surface area contributed by atoms with Gasteiger partial charge in [-0.05, 0) is 4.31 Å². The molecule has 0 fully saturated rings. The summed E-state index contributed by atoms with van der Waals surface area (Å²) in [7, 11) is -3.47. The molecule has 0 saturated heterocycles. The fraction of sp³-hybridized carbons (Fsp3) is 0. The van der Waals surface area contributed by atoms with E-state index < -0.39 is 16.1 Å². The maximum atomic E-state index is 10.0. The summed E-state index contributed by atoms with van der Waals surface area (Å²) < 4.78 is 26.4. The van der Waals surface area contributed by atoms with Crippen molar-refractivity contribution >= 4 is 24.1 Å². The monoisotopic (exact) mass is 171 g/mol. The zero-order chi connectivity index (χ0) is 7.49. The number of phosphoric acid groups is 1. The van der Waals surface area contributed by atoms with Gasteiger partial charge >= 0.3 is 16.1 Å². The third-order valence-electron chi connectivity index (χ3n) is 0.306. The van der Waals surface area contributed by atoms with Crippen LogP contribution in [0.25, 0.3) is 0 Å². The zero-order valence-corrected chi connectivity index (χ0v) is 5.79. The van der Waals surface area contributed by atoms with E-state index in [1.165, 1.54) is 0 Å². The van der Waals surface area contributed by atoms with Gasteiger partial charge in [0.1, 0.15) is 0 Å². The van der Waals surface area contributed by atoms with E-state index in [9.17, 15) is 9.13 Å². The molecular formula is H2BO6P2+. The molecule has 2 unspecified atom stereocenters. The highest BCUT2D eigenvalue weighted by Gasteiger charge is 2.32. The molecule has 2 radical (unpaired) electrons. The molecule has 0 saturated carbocycles. The summed E-state index contributed by atoms with van der Waals surface area (Å²) in [4.78, 5) is 16.0. The van der Waals surface area contributed by atoms with Crippen molar-refractivity contribution in [1.82, 2.24) is 0 Å². The van der Waals surface area contributed by atoms with Crippen LogP contribution in [0.3, 0.4) is 0 Å². The summed E-state index contributed by atoms with van der Waals surface area (Å²) in [6, 6.07) is 0. The van der Waals surface area contributed by atoms with E-state index >= 15 is 0 Å². The van der Waals surface area contributed by atoms with Gasteiger partial charge in [0.25, 0.3) is 8.05 Å². The summed E-state index contributed by atoms with van der Waals surface area (Å²) in [6.45, 7) is 0. The Morgan fingerprint density at radius 2 is 2.11 bits per heavy atom. The van der Waals surface area contributed by atoms with Crippen molar-refractivity contribution in [1.29, 1.82) is 0 Å². The lowest BCUT2D eigenvalue weighted by atomic mass is 10.6. The Morgan fingerprint density at radius 3 is 2.22 bits per heavy atom. The van der Waals surface area contributed by atoms with Crippen molar-refractivity contribution < 1.29 is 27.7 Å². The average molecular weight is 171 g/mol. The van der Waals surface area contributed by atoms with Crippen molar-refractivity contribution in [2.75, 3.05) is 0 Å². The minimum Gasteiger partial charge on any atom is -0.360 e. The van der Waals surface area contributed by atoms with Crippen LogP contribution in [-0.4, -0.2) is 17.8 Å². The van der Waals surface area contributed by atoms with Crippen LogP contribution in [0.2, 0.25) is 0 Å². The van der Waals surface area contributed by atoms with Gasteiger partial charge in [-0.3, -0.25) is 0 Å². The van der Waals surface area contributed by atoms with E-state index in [-0.39, 0.29) is 0 Å². The molecule has 2 N–H and O–H groups in total. The molecule has 0 aromatic carbocycles. The maximum absolute atomic E-state index is 10.0. The van der Waals surface area contributed by atoms with E-state index in [0.29, 0.717) is 0 Å². The summed E-state index contributed by atoms with van der Waals surface area (Å²) in [5.74, 6) is 0. The second-order valence-electron chi connectivity index (χ2n) is 0.893. The molecule has 0 aliphatic rings. The van der Waals surface area contributed by atoms with Crippen LogP contribution < -0.4 is 0 Å². The summed E-state index contributed by atoms with van der Waals surface area (Å²) in [6.07, 6.45) is 0. The summed E-state index contributed by atoms with van der Waals surface area (Å²) in [5.41, 5.74) is 0. The molecule has 2 atom stereocenters. The molecular weight excluding hydrogens is 169 g/mol. The van der Waals surface area contributed by atoms with Crippen molar-refractivity contribution in [3.8, 4) is 0 Å². The highest BCUT2D eigenvalue weighted by molar-refractivity contribution is 7.56. The molecule has 0 aliphatic carbocycles. The number of hydrogen-bond donors (Lipinski definition) is 2. The maximum Gasteiger partial charge on any atom is 0.705 e. The molecule has 0 aromatic rings. The molecule has 50 valence electrons. The van der Waals surface area contributed by atoms with Gasteiger partial charge in [0.15, 0.2) is 0 Å². The first kappa shape index (κ1) is 9.23. The van der Waals surface area contributed by atoms with Crippen LogP contribution in [0.1, 0.15) is 0 Å². The zero-order valence-electron chi connectivity index (χ0n) is 4.00. The Labute approximate surface area is 52.8 Å². The third kappa shape index (κ3) is 4.72. The van der Waals surface area contributed by atoms with Crippen LogP contribution in [0.15, 0.2) is 0 Å². The minimum absolute atomic E-state index is 3.16. The lowest BCUT2D eigenvalue weighted by Gasteiger charge is -1.96. The standard InChI is InChI=1S/BHO6P2/c1-6-9(4,5)7-8(2)3/h(H-,2,3,4,5)/p+1. The predicted octanol–water partition coefficient (Wildman–Crippen LogP) is -0.147. The van der Waals surface area contributed by atoms with E-state index in [1.54, 1.807) is 0 Å². The normalized spacial score (nSPS) is 18.7. The van der Waals surface area contributed by atoms with Crippen LogP contribution in [-0.2, 0) is 17.9 Å². The molecule has 0 heterocycles. The molecule has 6 nitrogen and oxygen atoms in total. The highest BCUT2D eigenvalue weighted by Crippen LogP contribution is 2.49. The van der Waals surface area contributed by atoms with Gasteiger partial charge in [-0.2, -0.15) is 0 Å². The van der Waals surface area contributed by atoms with E-state index in [4.69, 9.17) is 9.79 Å². The molecule has 0 bridgehead atoms. The largest absolute Gasteiger partial charge is 0.705 e.